The molecule has 0 bridgehead atoms. The zero-order valence-corrected chi connectivity index (χ0v) is 6.42. The standard InChI is InChI=1S/C9H8N2O/c1-2-7-12-11(6-1)9-4-3-5-10-8-9/h1-8H. The normalized spacial score (nSPS) is 14.5. The second-order valence-electron chi connectivity index (χ2n) is 2.31. The van der Waals surface area contributed by atoms with Gasteiger partial charge in [0.05, 0.1) is 11.9 Å². The molecule has 0 atom stereocenters. The Labute approximate surface area is 70.6 Å². The minimum atomic E-state index is 0.915. The Morgan fingerprint density at radius 1 is 1.33 bits per heavy atom. The molecule has 1 aliphatic heterocycles. The van der Waals surface area contributed by atoms with Gasteiger partial charge in [0.15, 0.2) is 0 Å². The van der Waals surface area contributed by atoms with Crippen molar-refractivity contribution in [1.82, 2.24) is 4.98 Å². The Hall–Kier alpha value is -1.77. The van der Waals surface area contributed by atoms with E-state index in [9.17, 15) is 0 Å². The molecule has 1 aromatic rings. The predicted molar refractivity (Wildman–Crippen MR) is 46.1 cm³/mol. The molecule has 1 aliphatic rings. The van der Waals surface area contributed by atoms with Crippen LogP contribution in [0.2, 0.25) is 0 Å². The number of aromatic nitrogens is 1. The van der Waals surface area contributed by atoms with E-state index in [1.165, 1.54) is 0 Å². The predicted octanol–water partition coefficient (Wildman–Crippen LogP) is 1.86. The van der Waals surface area contributed by atoms with E-state index < -0.39 is 0 Å². The van der Waals surface area contributed by atoms with Gasteiger partial charge in [-0.1, -0.05) is 0 Å². The van der Waals surface area contributed by atoms with Crippen LogP contribution < -0.4 is 5.06 Å². The summed E-state index contributed by atoms with van der Waals surface area (Å²) in [7, 11) is 0. The van der Waals surface area contributed by atoms with E-state index in [2.05, 4.69) is 4.98 Å². The number of hydroxylamine groups is 1. The molecular weight excluding hydrogens is 152 g/mol. The van der Waals surface area contributed by atoms with Crippen molar-refractivity contribution in [3.63, 3.8) is 0 Å². The van der Waals surface area contributed by atoms with Crippen LogP contribution in [0, 0.1) is 0 Å². The molecule has 0 radical (unpaired) electrons. The monoisotopic (exact) mass is 160 g/mol. The van der Waals surface area contributed by atoms with Gasteiger partial charge in [-0.2, -0.15) is 5.06 Å². The number of anilines is 1. The van der Waals surface area contributed by atoms with Gasteiger partial charge in [-0.25, -0.2) is 0 Å². The fourth-order valence-corrected chi connectivity index (χ4v) is 0.940. The summed E-state index contributed by atoms with van der Waals surface area (Å²) in [6, 6.07) is 3.79. The maximum absolute atomic E-state index is 5.19. The van der Waals surface area contributed by atoms with Crippen molar-refractivity contribution in [3.8, 4) is 0 Å². The highest BCUT2D eigenvalue weighted by atomic mass is 16.7. The lowest BCUT2D eigenvalue weighted by Crippen LogP contribution is -2.14. The molecule has 0 fully saturated rings. The summed E-state index contributed by atoms with van der Waals surface area (Å²) in [5.41, 5.74) is 0.915. The van der Waals surface area contributed by atoms with Crippen LogP contribution in [0.4, 0.5) is 5.69 Å². The van der Waals surface area contributed by atoms with Crippen molar-refractivity contribution < 1.29 is 4.84 Å². The third kappa shape index (κ3) is 1.29. The van der Waals surface area contributed by atoms with Gasteiger partial charge >= 0.3 is 0 Å². The number of rotatable bonds is 1. The van der Waals surface area contributed by atoms with Crippen molar-refractivity contribution >= 4 is 5.69 Å². The van der Waals surface area contributed by atoms with E-state index >= 15 is 0 Å². The van der Waals surface area contributed by atoms with Crippen molar-refractivity contribution in [1.29, 1.82) is 0 Å². The largest absolute Gasteiger partial charge is 0.383 e. The fourth-order valence-electron chi connectivity index (χ4n) is 0.940. The molecular formula is C9H8N2O. The maximum atomic E-state index is 5.19. The fraction of sp³-hybridized carbons (Fsp3) is 0. The average Bonchev–Trinajstić information content (AvgIpc) is 2.21. The molecule has 0 spiro atoms. The van der Waals surface area contributed by atoms with E-state index in [4.69, 9.17) is 4.84 Å². The van der Waals surface area contributed by atoms with Crippen LogP contribution >= 0.6 is 0 Å². The van der Waals surface area contributed by atoms with Crippen LogP contribution in [-0.4, -0.2) is 4.98 Å². The summed E-state index contributed by atoms with van der Waals surface area (Å²) in [5, 5.41) is 1.65. The molecule has 60 valence electrons. The molecule has 0 unspecified atom stereocenters. The highest BCUT2D eigenvalue weighted by Gasteiger charge is 2.02. The molecule has 0 aromatic carbocycles. The highest BCUT2D eigenvalue weighted by molar-refractivity contribution is 5.44. The van der Waals surface area contributed by atoms with Crippen LogP contribution in [0.25, 0.3) is 0 Å². The molecule has 0 aliphatic carbocycles. The van der Waals surface area contributed by atoms with Gasteiger partial charge in [0.2, 0.25) is 0 Å². The van der Waals surface area contributed by atoms with Crippen molar-refractivity contribution in [2.24, 2.45) is 0 Å². The molecule has 3 heteroatoms. The van der Waals surface area contributed by atoms with Crippen LogP contribution in [0.1, 0.15) is 0 Å². The van der Waals surface area contributed by atoms with Crippen molar-refractivity contribution in [3.05, 3.63) is 49.1 Å². The smallest absolute Gasteiger partial charge is 0.120 e. The summed E-state index contributed by atoms with van der Waals surface area (Å²) in [4.78, 5) is 9.17. The number of allylic oxidation sites excluding steroid dienone is 2. The Balaban J connectivity index is 2.21. The van der Waals surface area contributed by atoms with Gasteiger partial charge in [-0.15, -0.1) is 0 Å². The summed E-state index contributed by atoms with van der Waals surface area (Å²) >= 11 is 0. The number of pyridine rings is 1. The van der Waals surface area contributed by atoms with Gasteiger partial charge in [-0.05, 0) is 24.3 Å². The third-order valence-corrected chi connectivity index (χ3v) is 1.49. The Kier molecular flexibility index (Phi) is 1.78. The van der Waals surface area contributed by atoms with E-state index in [1.807, 2.05) is 30.5 Å². The summed E-state index contributed by atoms with van der Waals surface area (Å²) in [5.74, 6) is 0. The van der Waals surface area contributed by atoms with E-state index in [0.29, 0.717) is 0 Å². The minimum absolute atomic E-state index is 0.915. The van der Waals surface area contributed by atoms with Gasteiger partial charge in [-0.3, -0.25) is 4.98 Å². The summed E-state index contributed by atoms with van der Waals surface area (Å²) in [6.07, 6.45) is 10.6. The van der Waals surface area contributed by atoms with Gasteiger partial charge in [0.1, 0.15) is 6.26 Å². The molecule has 0 saturated heterocycles. The molecule has 1 aromatic heterocycles. The second kappa shape index (κ2) is 3.09. The first-order chi connectivity index (χ1) is 5.97. The first-order valence-corrected chi connectivity index (χ1v) is 3.66. The average molecular weight is 160 g/mol. The molecule has 2 heterocycles. The lowest BCUT2D eigenvalue weighted by atomic mass is 10.4. The molecule has 3 nitrogen and oxygen atoms in total. The minimum Gasteiger partial charge on any atom is -0.383 e. The van der Waals surface area contributed by atoms with E-state index in [-0.39, 0.29) is 0 Å². The lowest BCUT2D eigenvalue weighted by molar-refractivity contribution is 0.245. The Bertz CT molecular complexity index is 306. The van der Waals surface area contributed by atoms with Crippen LogP contribution in [-0.2, 0) is 4.84 Å². The molecule has 0 saturated carbocycles. The Morgan fingerprint density at radius 3 is 3.00 bits per heavy atom. The summed E-state index contributed by atoms with van der Waals surface area (Å²) in [6.45, 7) is 0. The maximum Gasteiger partial charge on any atom is 0.120 e. The topological polar surface area (TPSA) is 25.4 Å². The molecule has 12 heavy (non-hydrogen) atoms. The van der Waals surface area contributed by atoms with E-state index in [0.717, 1.165) is 5.69 Å². The van der Waals surface area contributed by atoms with Gasteiger partial charge in [0.25, 0.3) is 0 Å². The number of nitrogens with zero attached hydrogens (tertiary/aromatic N) is 2. The third-order valence-electron chi connectivity index (χ3n) is 1.49. The Morgan fingerprint density at radius 2 is 2.33 bits per heavy atom. The zero-order chi connectivity index (χ0) is 8.23. The zero-order valence-electron chi connectivity index (χ0n) is 6.42. The SMILES string of the molecule is C1=CON(c2cccnc2)C=C1. The second-order valence-corrected chi connectivity index (χ2v) is 2.31. The van der Waals surface area contributed by atoms with Crippen LogP contribution in [0.5, 0.6) is 0 Å². The molecule has 2 rings (SSSR count). The van der Waals surface area contributed by atoms with Crippen LogP contribution in [0.3, 0.4) is 0 Å². The first kappa shape index (κ1) is 6.91. The van der Waals surface area contributed by atoms with E-state index in [1.54, 1.807) is 23.7 Å². The quantitative estimate of drug-likeness (QED) is 0.627. The number of hydrogen-bond acceptors (Lipinski definition) is 3. The highest BCUT2D eigenvalue weighted by Crippen LogP contribution is 2.14. The van der Waals surface area contributed by atoms with Crippen molar-refractivity contribution in [2.75, 3.05) is 5.06 Å². The number of hydrogen-bond donors (Lipinski definition) is 0. The van der Waals surface area contributed by atoms with Gasteiger partial charge in [0, 0.05) is 12.4 Å². The molecule has 0 amide bonds. The lowest BCUT2D eigenvalue weighted by Gasteiger charge is -2.19. The molecule has 0 N–H and O–H groups in total. The van der Waals surface area contributed by atoms with Crippen molar-refractivity contribution in [2.45, 2.75) is 0 Å². The summed E-state index contributed by atoms with van der Waals surface area (Å²) < 4.78 is 0. The van der Waals surface area contributed by atoms with Gasteiger partial charge < -0.3 is 4.84 Å². The van der Waals surface area contributed by atoms with Crippen LogP contribution in [0.15, 0.2) is 49.1 Å². The first-order valence-electron chi connectivity index (χ1n) is 3.66.